The van der Waals surface area contributed by atoms with Gasteiger partial charge in [-0.3, -0.25) is 4.99 Å². The molecule has 0 saturated heterocycles. The molecule has 0 fully saturated rings. The first-order valence-electron chi connectivity index (χ1n) is 8.52. The molecule has 0 aromatic heterocycles. The quantitative estimate of drug-likeness (QED) is 0.370. The number of ether oxygens (including phenoxy) is 1. The third kappa shape index (κ3) is 7.74. The predicted octanol–water partition coefficient (Wildman–Crippen LogP) is 1.42. The van der Waals surface area contributed by atoms with Crippen LogP contribution in [0.5, 0.6) is 5.75 Å². The van der Waals surface area contributed by atoms with Crippen LogP contribution < -0.4 is 14.8 Å². The van der Waals surface area contributed by atoms with Crippen LogP contribution in [0.1, 0.15) is 25.8 Å². The topological polar surface area (TPSA) is 83.0 Å². The lowest BCUT2D eigenvalue weighted by Gasteiger charge is -2.23. The second kappa shape index (κ2) is 10.9. The van der Waals surface area contributed by atoms with Crippen molar-refractivity contribution < 1.29 is 13.2 Å². The van der Waals surface area contributed by atoms with Crippen molar-refractivity contribution in [3.8, 4) is 5.75 Å². The van der Waals surface area contributed by atoms with Crippen molar-refractivity contribution in [3.05, 3.63) is 29.8 Å². The van der Waals surface area contributed by atoms with Crippen LogP contribution in [-0.4, -0.2) is 58.8 Å². The molecule has 25 heavy (non-hydrogen) atoms. The summed E-state index contributed by atoms with van der Waals surface area (Å²) in [6.07, 6.45) is 0.649. The summed E-state index contributed by atoms with van der Waals surface area (Å²) in [5, 5.41) is 3.25. The number of nitrogens with zero attached hydrogens (tertiary/aromatic N) is 2. The van der Waals surface area contributed by atoms with Gasteiger partial charge in [0.2, 0.25) is 10.0 Å². The third-order valence-electron chi connectivity index (χ3n) is 3.59. The zero-order valence-electron chi connectivity index (χ0n) is 15.6. The molecule has 0 unspecified atom stereocenters. The molecule has 8 heteroatoms. The third-order valence-corrected chi connectivity index (χ3v) is 5.00. The first-order valence-corrected chi connectivity index (χ1v) is 10.2. The second-order valence-electron chi connectivity index (χ2n) is 5.55. The van der Waals surface area contributed by atoms with Gasteiger partial charge in [-0.15, -0.1) is 0 Å². The summed E-state index contributed by atoms with van der Waals surface area (Å²) >= 11 is 0. The summed E-state index contributed by atoms with van der Waals surface area (Å²) < 4.78 is 30.7. The summed E-state index contributed by atoms with van der Waals surface area (Å²) in [6, 6.07) is 7.89. The zero-order chi connectivity index (χ0) is 18.7. The van der Waals surface area contributed by atoms with Crippen LogP contribution in [0.4, 0.5) is 0 Å². The van der Waals surface area contributed by atoms with Crippen LogP contribution in [0, 0.1) is 0 Å². The van der Waals surface area contributed by atoms with Gasteiger partial charge in [0.15, 0.2) is 5.96 Å². The molecular weight excluding hydrogens is 340 g/mol. The lowest BCUT2D eigenvalue weighted by atomic mass is 10.2. The first-order chi connectivity index (χ1) is 11.9. The molecule has 0 heterocycles. The average molecular weight is 371 g/mol. The molecule has 0 aliphatic carbocycles. The highest BCUT2D eigenvalue weighted by Gasteiger charge is 2.10. The molecule has 0 atom stereocenters. The minimum atomic E-state index is -3.13. The summed E-state index contributed by atoms with van der Waals surface area (Å²) in [4.78, 5) is 6.59. The molecule has 0 bridgehead atoms. The Morgan fingerprint density at radius 3 is 2.64 bits per heavy atom. The molecule has 0 spiro atoms. The van der Waals surface area contributed by atoms with Crippen LogP contribution in [0.15, 0.2) is 29.3 Å². The molecular formula is C17H30N4O3S. The number of guanidine groups is 1. The largest absolute Gasteiger partial charge is 0.496 e. The SMILES string of the molecule is CCNC(=NCCCNS(=O)(=O)CC)N(C)Cc1ccccc1OC. The number of hydrogen-bond acceptors (Lipinski definition) is 4. The van der Waals surface area contributed by atoms with E-state index in [1.807, 2.05) is 43.1 Å². The van der Waals surface area contributed by atoms with E-state index in [0.717, 1.165) is 23.8 Å². The molecule has 142 valence electrons. The Morgan fingerprint density at radius 2 is 2.00 bits per heavy atom. The van der Waals surface area contributed by atoms with Gasteiger partial charge < -0.3 is 15.0 Å². The van der Waals surface area contributed by atoms with E-state index in [4.69, 9.17) is 4.74 Å². The number of benzene rings is 1. The van der Waals surface area contributed by atoms with Crippen LogP contribution in [0.3, 0.4) is 0 Å². The molecule has 1 aromatic carbocycles. The molecule has 0 radical (unpaired) electrons. The van der Waals surface area contributed by atoms with Gasteiger partial charge in [0, 0.05) is 38.8 Å². The molecule has 0 saturated carbocycles. The van der Waals surface area contributed by atoms with Gasteiger partial charge in [0.05, 0.1) is 12.9 Å². The monoisotopic (exact) mass is 370 g/mol. The minimum absolute atomic E-state index is 0.0978. The Balaban J connectivity index is 2.62. The Bertz CT molecular complexity index is 647. The minimum Gasteiger partial charge on any atom is -0.496 e. The second-order valence-corrected chi connectivity index (χ2v) is 7.65. The van der Waals surface area contributed by atoms with Crippen LogP contribution >= 0.6 is 0 Å². The van der Waals surface area contributed by atoms with Gasteiger partial charge in [-0.25, -0.2) is 13.1 Å². The number of methoxy groups -OCH3 is 1. The Hall–Kier alpha value is -1.80. The van der Waals surface area contributed by atoms with Gasteiger partial charge >= 0.3 is 0 Å². The molecule has 2 N–H and O–H groups in total. The average Bonchev–Trinajstić information content (AvgIpc) is 2.60. The van der Waals surface area contributed by atoms with E-state index in [1.54, 1.807) is 14.0 Å². The highest BCUT2D eigenvalue weighted by Crippen LogP contribution is 2.18. The lowest BCUT2D eigenvalue weighted by Crippen LogP contribution is -2.38. The van der Waals surface area contributed by atoms with E-state index in [1.165, 1.54) is 0 Å². The van der Waals surface area contributed by atoms with Gasteiger partial charge in [-0.2, -0.15) is 0 Å². The molecule has 7 nitrogen and oxygen atoms in total. The van der Waals surface area contributed by atoms with Crippen LogP contribution in [-0.2, 0) is 16.6 Å². The fourth-order valence-corrected chi connectivity index (χ4v) is 2.89. The highest BCUT2D eigenvalue weighted by molar-refractivity contribution is 7.89. The predicted molar refractivity (Wildman–Crippen MR) is 103 cm³/mol. The summed E-state index contributed by atoms with van der Waals surface area (Å²) in [5.74, 6) is 1.73. The normalized spacial score (nSPS) is 12.1. The van der Waals surface area contributed by atoms with Crippen molar-refractivity contribution >= 4 is 16.0 Å². The van der Waals surface area contributed by atoms with Crippen LogP contribution in [0.25, 0.3) is 0 Å². The maximum Gasteiger partial charge on any atom is 0.211 e. The van der Waals surface area contributed by atoms with Gasteiger partial charge in [-0.1, -0.05) is 18.2 Å². The molecule has 0 aliphatic rings. The Kier molecular flexibility index (Phi) is 9.30. The molecule has 1 aromatic rings. The lowest BCUT2D eigenvalue weighted by molar-refractivity contribution is 0.396. The summed E-state index contributed by atoms with van der Waals surface area (Å²) in [7, 11) is 0.495. The number of sulfonamides is 1. The van der Waals surface area contributed by atoms with E-state index in [0.29, 0.717) is 26.1 Å². The number of hydrogen-bond donors (Lipinski definition) is 2. The first kappa shape index (κ1) is 21.2. The number of para-hydroxylation sites is 1. The van der Waals surface area contributed by atoms with Crippen molar-refractivity contribution in [2.24, 2.45) is 4.99 Å². The van der Waals surface area contributed by atoms with Gasteiger partial charge in [0.1, 0.15) is 5.75 Å². The molecule has 1 rings (SSSR count). The van der Waals surface area contributed by atoms with Crippen molar-refractivity contribution in [3.63, 3.8) is 0 Å². The number of aliphatic imine (C=N–C) groups is 1. The van der Waals surface area contributed by atoms with E-state index >= 15 is 0 Å². The van der Waals surface area contributed by atoms with Crippen molar-refractivity contribution in [1.29, 1.82) is 0 Å². The van der Waals surface area contributed by atoms with Gasteiger partial charge in [0.25, 0.3) is 0 Å². The number of rotatable bonds is 10. The smallest absolute Gasteiger partial charge is 0.211 e. The van der Waals surface area contributed by atoms with Crippen molar-refractivity contribution in [1.82, 2.24) is 14.9 Å². The maximum absolute atomic E-state index is 11.4. The van der Waals surface area contributed by atoms with Crippen molar-refractivity contribution in [2.75, 3.05) is 39.5 Å². The van der Waals surface area contributed by atoms with E-state index < -0.39 is 10.0 Å². The molecule has 0 aliphatic heterocycles. The molecule has 0 amide bonds. The fraction of sp³-hybridized carbons (Fsp3) is 0.588. The summed E-state index contributed by atoms with van der Waals surface area (Å²) in [5.41, 5.74) is 1.08. The highest BCUT2D eigenvalue weighted by atomic mass is 32.2. The van der Waals surface area contributed by atoms with E-state index in [-0.39, 0.29) is 5.75 Å². The van der Waals surface area contributed by atoms with Crippen molar-refractivity contribution in [2.45, 2.75) is 26.8 Å². The zero-order valence-corrected chi connectivity index (χ0v) is 16.4. The van der Waals surface area contributed by atoms with E-state index in [9.17, 15) is 8.42 Å². The standard InChI is InChI=1S/C17H30N4O3S/c1-5-18-17(19-12-9-13-20-25(22,23)6-2)21(3)14-15-10-7-8-11-16(15)24-4/h7-8,10-11,20H,5-6,9,12-14H2,1-4H3,(H,18,19). The fourth-order valence-electron chi connectivity index (χ4n) is 2.23. The maximum atomic E-state index is 11.4. The van der Waals surface area contributed by atoms with Gasteiger partial charge in [-0.05, 0) is 26.3 Å². The Morgan fingerprint density at radius 1 is 1.28 bits per heavy atom. The van der Waals surface area contributed by atoms with Crippen LogP contribution in [0.2, 0.25) is 0 Å². The van der Waals surface area contributed by atoms with E-state index in [2.05, 4.69) is 15.0 Å². The Labute approximate surface area is 151 Å². The number of nitrogens with one attached hydrogen (secondary N) is 2. The summed E-state index contributed by atoms with van der Waals surface area (Å²) in [6.45, 7) is 6.01.